The molecule has 2 heterocycles. The highest BCUT2D eigenvalue weighted by Gasteiger charge is 2.13. The Labute approximate surface area is 97.4 Å². The predicted octanol–water partition coefficient (Wildman–Crippen LogP) is 2.08. The summed E-state index contributed by atoms with van der Waals surface area (Å²) in [5, 5.41) is 18.1. The van der Waals surface area contributed by atoms with Crippen molar-refractivity contribution in [2.75, 3.05) is 0 Å². The average molecular weight is 225 g/mol. The smallest absolute Gasteiger partial charge is 0.125 e. The Balaban J connectivity index is 2.62. The first-order valence-corrected chi connectivity index (χ1v) is 5.24. The first-order chi connectivity index (χ1) is 8.18. The molecule has 0 spiro atoms. The highest BCUT2D eigenvalue weighted by atomic mass is 16.3. The quantitative estimate of drug-likeness (QED) is 0.438. The fraction of sp³-hybridized carbons (Fsp3) is 0. The molecule has 3 aromatic rings. The van der Waals surface area contributed by atoms with Gasteiger partial charge < -0.3 is 15.2 Å². The van der Waals surface area contributed by atoms with Gasteiger partial charge in [0.05, 0.1) is 11.0 Å². The first-order valence-electron chi connectivity index (χ1n) is 5.24. The zero-order valence-corrected chi connectivity index (χ0v) is 9.01. The topological polar surface area (TPSA) is 74.5 Å². The van der Waals surface area contributed by atoms with Crippen LogP contribution < -0.4 is 5.73 Å². The molecule has 4 heteroatoms. The van der Waals surface area contributed by atoms with Crippen LogP contribution in [0.2, 0.25) is 0 Å². The Hall–Kier alpha value is -2.49. The second-order valence-electron chi connectivity index (χ2n) is 3.95. The molecule has 0 aliphatic carbocycles. The van der Waals surface area contributed by atoms with Crippen molar-refractivity contribution in [2.45, 2.75) is 0 Å². The van der Waals surface area contributed by atoms with Gasteiger partial charge in [-0.15, -0.1) is 0 Å². The minimum Gasteiger partial charge on any atom is -0.508 e. The number of nitrogens with two attached hydrogens (primary N) is 1. The number of fused-ring (bicyclic) bond motifs is 3. The number of nitrogens with one attached hydrogen (secondary N) is 1. The number of hydrogen-bond donors (Lipinski definition) is 3. The summed E-state index contributed by atoms with van der Waals surface area (Å²) >= 11 is 0. The lowest BCUT2D eigenvalue weighted by atomic mass is 10.1. The zero-order valence-electron chi connectivity index (χ0n) is 9.01. The molecule has 17 heavy (non-hydrogen) atoms. The molecule has 2 aromatic heterocycles. The molecule has 0 saturated carbocycles. The highest BCUT2D eigenvalue weighted by molar-refractivity contribution is 6.14. The van der Waals surface area contributed by atoms with E-state index in [-0.39, 0.29) is 11.6 Å². The van der Waals surface area contributed by atoms with E-state index in [1.807, 2.05) is 28.8 Å². The van der Waals surface area contributed by atoms with Crippen molar-refractivity contribution < 1.29 is 5.11 Å². The fourth-order valence-corrected chi connectivity index (χ4v) is 2.21. The van der Waals surface area contributed by atoms with Crippen LogP contribution >= 0.6 is 0 Å². The monoisotopic (exact) mass is 225 g/mol. The Bertz CT molecular complexity index is 743. The maximum atomic E-state index is 9.54. The molecule has 0 saturated heterocycles. The number of pyridine rings is 1. The summed E-state index contributed by atoms with van der Waals surface area (Å²) in [7, 11) is 0. The van der Waals surface area contributed by atoms with Crippen molar-refractivity contribution >= 4 is 22.3 Å². The summed E-state index contributed by atoms with van der Waals surface area (Å²) in [5.74, 6) is 0.241. The average Bonchev–Trinajstić information content (AvgIpc) is 2.63. The van der Waals surface area contributed by atoms with E-state index in [9.17, 15) is 5.11 Å². The summed E-state index contributed by atoms with van der Waals surface area (Å²) in [6.45, 7) is 0. The summed E-state index contributed by atoms with van der Waals surface area (Å²) < 4.78 is 1.92. The highest BCUT2D eigenvalue weighted by Crippen LogP contribution is 2.28. The number of amidine groups is 1. The van der Waals surface area contributed by atoms with Crippen LogP contribution in [0.1, 0.15) is 5.56 Å². The Morgan fingerprint density at radius 1 is 1.18 bits per heavy atom. The van der Waals surface area contributed by atoms with Crippen LogP contribution in [-0.2, 0) is 0 Å². The lowest BCUT2D eigenvalue weighted by molar-refractivity contribution is 0.476. The van der Waals surface area contributed by atoms with Gasteiger partial charge in [0.2, 0.25) is 0 Å². The molecule has 0 fully saturated rings. The van der Waals surface area contributed by atoms with Crippen molar-refractivity contribution in [3.05, 3.63) is 48.2 Å². The molecule has 84 valence electrons. The molecule has 0 unspecified atom stereocenters. The minimum absolute atomic E-state index is 0.0365. The van der Waals surface area contributed by atoms with Gasteiger partial charge in [0, 0.05) is 23.2 Å². The van der Waals surface area contributed by atoms with Crippen LogP contribution in [0, 0.1) is 5.41 Å². The lowest BCUT2D eigenvalue weighted by Crippen LogP contribution is -2.10. The van der Waals surface area contributed by atoms with Gasteiger partial charge in [0.1, 0.15) is 11.6 Å². The molecule has 0 radical (unpaired) electrons. The van der Waals surface area contributed by atoms with Gasteiger partial charge in [0.25, 0.3) is 0 Å². The molecule has 0 amide bonds. The standard InChI is InChI=1S/C13H11N3O/c14-13(15)12-9-5-4-8(17)7-11(9)16-6-2-1-3-10(12)16/h1-7,17H,(H3,14,15). The Kier molecular flexibility index (Phi) is 1.86. The summed E-state index contributed by atoms with van der Waals surface area (Å²) in [6, 6.07) is 10.8. The van der Waals surface area contributed by atoms with Gasteiger partial charge >= 0.3 is 0 Å². The second kappa shape index (κ2) is 3.25. The van der Waals surface area contributed by atoms with Crippen molar-refractivity contribution in [3.63, 3.8) is 0 Å². The van der Waals surface area contributed by atoms with E-state index in [1.165, 1.54) is 0 Å². The molecule has 4 nitrogen and oxygen atoms in total. The SMILES string of the molecule is N=C(N)c1c2ccc(O)cc2n2ccccc12. The molecule has 0 aliphatic heterocycles. The number of benzene rings is 1. The van der Waals surface area contributed by atoms with E-state index in [1.54, 1.807) is 18.2 Å². The second-order valence-corrected chi connectivity index (χ2v) is 3.95. The van der Waals surface area contributed by atoms with Crippen LogP contribution in [0.3, 0.4) is 0 Å². The molecule has 0 atom stereocenters. The number of phenols is 1. The number of rotatable bonds is 1. The third kappa shape index (κ3) is 1.27. The van der Waals surface area contributed by atoms with E-state index in [0.717, 1.165) is 16.4 Å². The lowest BCUT2D eigenvalue weighted by Gasteiger charge is -1.96. The van der Waals surface area contributed by atoms with Crippen molar-refractivity contribution in [1.82, 2.24) is 4.40 Å². The number of nitrogens with zero attached hydrogens (tertiary/aromatic N) is 1. The summed E-state index contributed by atoms with van der Waals surface area (Å²) in [5.41, 5.74) is 8.07. The first kappa shape index (κ1) is 9.72. The van der Waals surface area contributed by atoms with E-state index >= 15 is 0 Å². The largest absolute Gasteiger partial charge is 0.508 e. The third-order valence-electron chi connectivity index (χ3n) is 2.90. The summed E-state index contributed by atoms with van der Waals surface area (Å²) in [4.78, 5) is 0. The number of aromatic hydroxyl groups is 1. The molecule has 4 N–H and O–H groups in total. The molecule has 3 rings (SSSR count). The number of phenolic OH excluding ortho intramolecular Hbond substituents is 1. The van der Waals surface area contributed by atoms with Gasteiger partial charge in [0.15, 0.2) is 0 Å². The molecular formula is C13H11N3O. The normalized spacial score (nSPS) is 11.1. The Morgan fingerprint density at radius 3 is 2.76 bits per heavy atom. The molecule has 1 aromatic carbocycles. The van der Waals surface area contributed by atoms with Crippen molar-refractivity contribution in [3.8, 4) is 5.75 Å². The van der Waals surface area contributed by atoms with E-state index < -0.39 is 0 Å². The van der Waals surface area contributed by atoms with Gasteiger partial charge in [-0.05, 0) is 24.3 Å². The van der Waals surface area contributed by atoms with Gasteiger partial charge in [-0.25, -0.2) is 0 Å². The van der Waals surface area contributed by atoms with E-state index in [2.05, 4.69) is 0 Å². The predicted molar refractivity (Wildman–Crippen MR) is 67.6 cm³/mol. The van der Waals surface area contributed by atoms with Crippen molar-refractivity contribution in [1.29, 1.82) is 5.41 Å². The van der Waals surface area contributed by atoms with Crippen LogP contribution in [-0.4, -0.2) is 15.3 Å². The molecule has 0 bridgehead atoms. The minimum atomic E-state index is 0.0365. The maximum Gasteiger partial charge on any atom is 0.125 e. The molecule has 0 aliphatic rings. The number of aromatic nitrogens is 1. The van der Waals surface area contributed by atoms with Crippen LogP contribution in [0.15, 0.2) is 42.6 Å². The Morgan fingerprint density at radius 2 is 2.00 bits per heavy atom. The van der Waals surface area contributed by atoms with E-state index in [0.29, 0.717) is 5.56 Å². The zero-order chi connectivity index (χ0) is 12.0. The van der Waals surface area contributed by atoms with Gasteiger partial charge in [-0.1, -0.05) is 6.07 Å². The maximum absolute atomic E-state index is 9.54. The van der Waals surface area contributed by atoms with Gasteiger partial charge in [-0.3, -0.25) is 5.41 Å². The number of nitrogen functional groups attached to an aromatic ring is 1. The van der Waals surface area contributed by atoms with Crippen LogP contribution in [0.5, 0.6) is 5.75 Å². The summed E-state index contributed by atoms with van der Waals surface area (Å²) in [6.07, 6.45) is 1.89. The van der Waals surface area contributed by atoms with Crippen LogP contribution in [0.25, 0.3) is 16.4 Å². The fourth-order valence-electron chi connectivity index (χ4n) is 2.21. The van der Waals surface area contributed by atoms with E-state index in [4.69, 9.17) is 11.1 Å². The third-order valence-corrected chi connectivity index (χ3v) is 2.90. The number of hydrogen-bond acceptors (Lipinski definition) is 2. The van der Waals surface area contributed by atoms with Crippen LogP contribution in [0.4, 0.5) is 0 Å². The van der Waals surface area contributed by atoms with Gasteiger partial charge in [-0.2, -0.15) is 0 Å². The van der Waals surface area contributed by atoms with Crippen molar-refractivity contribution in [2.24, 2.45) is 5.73 Å². The molecular weight excluding hydrogens is 214 g/mol.